The molecule has 2 N–H and O–H groups in total. The molecule has 0 saturated carbocycles. The minimum Gasteiger partial charge on any atom is -0.323 e. The van der Waals surface area contributed by atoms with Gasteiger partial charge in [0.1, 0.15) is 12.6 Å². The number of hydrogen-bond acceptors (Lipinski definition) is 4. The predicted molar refractivity (Wildman–Crippen MR) is 119 cm³/mol. The van der Waals surface area contributed by atoms with Gasteiger partial charge in [0.2, 0.25) is 5.91 Å². The maximum Gasteiger partial charge on any atom is 0.326 e. The second-order valence-electron chi connectivity index (χ2n) is 7.15. The van der Waals surface area contributed by atoms with Gasteiger partial charge < -0.3 is 10.6 Å². The van der Waals surface area contributed by atoms with Gasteiger partial charge in [0.15, 0.2) is 5.54 Å². The summed E-state index contributed by atoms with van der Waals surface area (Å²) in [5.41, 5.74) is 0.119. The normalized spacial score (nSPS) is 14.6. The highest BCUT2D eigenvalue weighted by molar-refractivity contribution is 6.31. The van der Waals surface area contributed by atoms with Crippen LogP contribution in [0.15, 0.2) is 78.9 Å². The van der Waals surface area contributed by atoms with Gasteiger partial charge in [-0.2, -0.15) is 5.26 Å². The van der Waals surface area contributed by atoms with Crippen LogP contribution in [0.5, 0.6) is 0 Å². The molecule has 1 saturated heterocycles. The third-order valence-corrected chi connectivity index (χ3v) is 5.43. The third-order valence-electron chi connectivity index (χ3n) is 5.20. The number of benzene rings is 3. The molecule has 3 aromatic carbocycles. The van der Waals surface area contributed by atoms with E-state index >= 15 is 0 Å². The SMILES string of the molecule is N#Cc1ccc(Cl)cc1NC(=O)CN1C(=O)NC(c2ccccc2)(c2ccccc2)C1=O. The lowest BCUT2D eigenvalue weighted by Crippen LogP contribution is -2.45. The zero-order valence-electron chi connectivity index (χ0n) is 16.7. The lowest BCUT2D eigenvalue weighted by molar-refractivity contribution is -0.133. The van der Waals surface area contributed by atoms with Crippen LogP contribution in [-0.4, -0.2) is 29.3 Å². The summed E-state index contributed by atoms with van der Waals surface area (Å²) in [4.78, 5) is 40.0. The Hall–Kier alpha value is -4.15. The molecule has 0 bridgehead atoms. The van der Waals surface area contributed by atoms with Gasteiger partial charge >= 0.3 is 6.03 Å². The van der Waals surface area contributed by atoms with Gasteiger partial charge in [-0.15, -0.1) is 0 Å². The van der Waals surface area contributed by atoms with Gasteiger partial charge in [0.25, 0.3) is 5.91 Å². The number of anilines is 1. The highest BCUT2D eigenvalue weighted by Gasteiger charge is 2.54. The van der Waals surface area contributed by atoms with E-state index in [2.05, 4.69) is 10.6 Å². The van der Waals surface area contributed by atoms with Gasteiger partial charge in [-0.3, -0.25) is 14.5 Å². The number of carbonyl (C=O) groups excluding carboxylic acids is 3. The van der Waals surface area contributed by atoms with Crippen molar-refractivity contribution in [3.8, 4) is 6.07 Å². The average molecular weight is 445 g/mol. The Labute approximate surface area is 189 Å². The number of nitriles is 1. The quantitative estimate of drug-likeness (QED) is 0.586. The van der Waals surface area contributed by atoms with Crippen LogP contribution in [0.4, 0.5) is 10.5 Å². The van der Waals surface area contributed by atoms with Gasteiger partial charge in [-0.25, -0.2) is 4.79 Å². The summed E-state index contributed by atoms with van der Waals surface area (Å²) in [6.07, 6.45) is 0. The molecule has 4 rings (SSSR count). The van der Waals surface area contributed by atoms with Crippen molar-refractivity contribution in [3.63, 3.8) is 0 Å². The molecule has 1 aliphatic heterocycles. The Morgan fingerprint density at radius 3 is 2.16 bits per heavy atom. The first-order chi connectivity index (χ1) is 15.5. The van der Waals surface area contributed by atoms with Crippen LogP contribution < -0.4 is 10.6 Å². The highest BCUT2D eigenvalue weighted by Crippen LogP contribution is 2.36. The number of amides is 4. The van der Waals surface area contributed by atoms with Crippen molar-refractivity contribution >= 4 is 35.1 Å². The summed E-state index contributed by atoms with van der Waals surface area (Å²) < 4.78 is 0. The number of hydrogen-bond donors (Lipinski definition) is 2. The smallest absolute Gasteiger partial charge is 0.323 e. The zero-order valence-corrected chi connectivity index (χ0v) is 17.5. The Bertz CT molecular complexity index is 1200. The first kappa shape index (κ1) is 21.1. The molecular formula is C24H17ClN4O3. The Morgan fingerprint density at radius 2 is 1.59 bits per heavy atom. The van der Waals surface area contributed by atoms with E-state index in [-0.39, 0.29) is 11.3 Å². The first-order valence-corrected chi connectivity index (χ1v) is 10.1. The van der Waals surface area contributed by atoms with Crippen LogP contribution in [0, 0.1) is 11.3 Å². The van der Waals surface area contributed by atoms with E-state index in [1.807, 2.05) is 18.2 Å². The van der Waals surface area contributed by atoms with E-state index in [1.54, 1.807) is 48.5 Å². The van der Waals surface area contributed by atoms with E-state index in [0.29, 0.717) is 16.1 Å². The minimum atomic E-state index is -1.45. The van der Waals surface area contributed by atoms with E-state index in [9.17, 15) is 19.6 Å². The number of urea groups is 1. The van der Waals surface area contributed by atoms with Crippen LogP contribution in [0.25, 0.3) is 0 Å². The summed E-state index contributed by atoms with van der Waals surface area (Å²) in [5, 5.41) is 14.9. The third kappa shape index (κ3) is 3.68. The predicted octanol–water partition coefficient (Wildman–Crippen LogP) is 3.65. The van der Waals surface area contributed by atoms with Gasteiger partial charge in [0, 0.05) is 5.02 Å². The van der Waals surface area contributed by atoms with Crippen molar-refractivity contribution in [1.29, 1.82) is 5.26 Å². The molecule has 158 valence electrons. The number of nitrogens with zero attached hydrogens (tertiary/aromatic N) is 2. The number of nitrogens with one attached hydrogen (secondary N) is 2. The molecule has 0 radical (unpaired) electrons. The van der Waals surface area contributed by atoms with Crippen LogP contribution in [0.1, 0.15) is 16.7 Å². The molecule has 0 unspecified atom stereocenters. The summed E-state index contributed by atoms with van der Waals surface area (Å²) in [5.74, 6) is -1.20. The van der Waals surface area contributed by atoms with Crippen LogP contribution in [0.3, 0.4) is 0 Å². The maximum atomic E-state index is 13.6. The molecule has 0 aromatic heterocycles. The summed E-state index contributed by atoms with van der Waals surface area (Å²) >= 11 is 5.96. The largest absolute Gasteiger partial charge is 0.326 e. The van der Waals surface area contributed by atoms with E-state index in [4.69, 9.17) is 11.6 Å². The maximum absolute atomic E-state index is 13.6. The van der Waals surface area contributed by atoms with Gasteiger partial charge in [0.05, 0.1) is 11.3 Å². The summed E-state index contributed by atoms with van der Waals surface area (Å²) in [6.45, 7) is -0.524. The van der Waals surface area contributed by atoms with Crippen LogP contribution in [0.2, 0.25) is 5.02 Å². The zero-order chi connectivity index (χ0) is 22.7. The topological polar surface area (TPSA) is 102 Å². The molecule has 0 aliphatic carbocycles. The molecule has 7 nitrogen and oxygen atoms in total. The molecule has 1 heterocycles. The van der Waals surface area contributed by atoms with Gasteiger partial charge in [-0.05, 0) is 29.3 Å². The van der Waals surface area contributed by atoms with Crippen LogP contribution >= 0.6 is 11.6 Å². The van der Waals surface area contributed by atoms with Gasteiger partial charge in [-0.1, -0.05) is 72.3 Å². The first-order valence-electron chi connectivity index (χ1n) is 9.70. The van der Waals surface area contributed by atoms with Crippen molar-refractivity contribution in [1.82, 2.24) is 10.2 Å². The molecule has 1 aliphatic rings. The molecule has 1 fully saturated rings. The fourth-order valence-electron chi connectivity index (χ4n) is 3.70. The van der Waals surface area contributed by atoms with E-state index in [0.717, 1.165) is 4.90 Å². The standard InChI is InChI=1S/C24H17ClN4O3/c25-19-12-11-16(14-26)20(13-19)27-21(30)15-29-22(31)24(28-23(29)32,17-7-3-1-4-8-17)18-9-5-2-6-10-18/h1-13H,15H2,(H,27,30)(H,28,32). The summed E-state index contributed by atoms with van der Waals surface area (Å²) in [7, 11) is 0. The molecule has 32 heavy (non-hydrogen) atoms. The van der Waals surface area contributed by atoms with Crippen molar-refractivity contribution in [2.24, 2.45) is 0 Å². The molecule has 3 aromatic rings. The van der Waals surface area contributed by atoms with Crippen molar-refractivity contribution in [3.05, 3.63) is 101 Å². The Balaban J connectivity index is 1.65. The fraction of sp³-hybridized carbons (Fsp3) is 0.0833. The van der Waals surface area contributed by atoms with E-state index < -0.39 is 29.9 Å². The number of carbonyl (C=O) groups is 3. The highest BCUT2D eigenvalue weighted by atomic mass is 35.5. The second kappa shape index (κ2) is 8.53. The summed E-state index contributed by atoms with van der Waals surface area (Å²) in [6, 6.07) is 23.4. The lowest BCUT2D eigenvalue weighted by atomic mass is 9.82. The van der Waals surface area contributed by atoms with E-state index in [1.165, 1.54) is 18.2 Å². The lowest BCUT2D eigenvalue weighted by Gasteiger charge is -2.28. The molecule has 0 spiro atoms. The molecular weight excluding hydrogens is 428 g/mol. The van der Waals surface area contributed by atoms with Crippen molar-refractivity contribution < 1.29 is 14.4 Å². The molecule has 4 amide bonds. The van der Waals surface area contributed by atoms with Crippen molar-refractivity contribution in [2.75, 3.05) is 11.9 Å². The monoisotopic (exact) mass is 444 g/mol. The van der Waals surface area contributed by atoms with Crippen LogP contribution in [-0.2, 0) is 15.1 Å². The molecule has 8 heteroatoms. The number of rotatable bonds is 5. The number of imide groups is 1. The fourth-order valence-corrected chi connectivity index (χ4v) is 3.88. The Kier molecular flexibility index (Phi) is 5.63. The second-order valence-corrected chi connectivity index (χ2v) is 7.59. The average Bonchev–Trinajstić information content (AvgIpc) is 3.06. The minimum absolute atomic E-state index is 0.203. The Morgan fingerprint density at radius 1 is 1.00 bits per heavy atom. The molecule has 0 atom stereocenters. The van der Waals surface area contributed by atoms with Crippen molar-refractivity contribution in [2.45, 2.75) is 5.54 Å². The number of halogens is 1.